The lowest BCUT2D eigenvalue weighted by molar-refractivity contribution is 0.0122. The molecule has 2 aromatic carbocycles. The molecule has 12 heteroatoms. The van der Waals surface area contributed by atoms with Crippen molar-refractivity contribution in [1.29, 1.82) is 0 Å². The summed E-state index contributed by atoms with van der Waals surface area (Å²) in [6.45, 7) is -0.294. The highest BCUT2D eigenvalue weighted by Gasteiger charge is 2.50. The molecule has 9 nitrogen and oxygen atoms in total. The minimum atomic E-state index is -1.01. The highest BCUT2D eigenvalue weighted by molar-refractivity contribution is 7.98. The lowest BCUT2D eigenvalue weighted by Crippen LogP contribution is -2.67. The molecule has 3 aromatic rings. The van der Waals surface area contributed by atoms with Crippen LogP contribution >= 0.6 is 11.8 Å². The van der Waals surface area contributed by atoms with Crippen molar-refractivity contribution in [2.24, 2.45) is 5.92 Å². The van der Waals surface area contributed by atoms with Crippen molar-refractivity contribution in [3.63, 3.8) is 0 Å². The molecule has 0 spiro atoms. The number of aromatic nitrogens is 1. The Kier molecular flexibility index (Phi) is 7.16. The van der Waals surface area contributed by atoms with E-state index in [1.165, 1.54) is 41.7 Å². The van der Waals surface area contributed by atoms with Crippen molar-refractivity contribution in [3.8, 4) is 5.75 Å². The van der Waals surface area contributed by atoms with Crippen LogP contribution in [0.3, 0.4) is 0 Å². The number of rotatable bonds is 4. The largest absolute Gasteiger partial charge is 0.510 e. The van der Waals surface area contributed by atoms with Crippen LogP contribution in [0.1, 0.15) is 46.1 Å². The van der Waals surface area contributed by atoms with E-state index in [1.807, 2.05) is 35.4 Å². The number of thioether (sulfide) groups is 1. The lowest BCUT2D eigenvalue weighted by Gasteiger charge is -2.55. The number of carbonyl (C=O) groups is 2. The Hall–Kier alpha value is -4.58. The molecular weight excluding hydrogens is 592 g/mol. The maximum absolute atomic E-state index is 15.1. The average Bonchev–Trinajstić information content (AvgIpc) is 3.19. The van der Waals surface area contributed by atoms with E-state index < -0.39 is 48.1 Å². The van der Waals surface area contributed by atoms with Crippen LogP contribution in [0, 0.1) is 17.6 Å². The van der Waals surface area contributed by atoms with Gasteiger partial charge in [-0.25, -0.2) is 13.6 Å². The van der Waals surface area contributed by atoms with Gasteiger partial charge in [-0.1, -0.05) is 42.0 Å². The van der Waals surface area contributed by atoms with Gasteiger partial charge in [0, 0.05) is 35.4 Å². The second-order valence-corrected chi connectivity index (χ2v) is 11.8. The van der Waals surface area contributed by atoms with Gasteiger partial charge in [0.15, 0.2) is 17.3 Å². The van der Waals surface area contributed by atoms with Crippen molar-refractivity contribution in [2.75, 3.05) is 25.5 Å². The zero-order chi connectivity index (χ0) is 30.5. The lowest BCUT2D eigenvalue weighted by atomic mass is 9.81. The highest BCUT2D eigenvalue weighted by Crippen LogP contribution is 2.48. The van der Waals surface area contributed by atoms with Gasteiger partial charge in [-0.3, -0.25) is 19.3 Å². The number of piperidine rings is 1. The van der Waals surface area contributed by atoms with Gasteiger partial charge >= 0.3 is 6.16 Å². The Balaban J connectivity index is 1.48. The maximum Gasteiger partial charge on any atom is 0.510 e. The van der Waals surface area contributed by atoms with Crippen LogP contribution < -0.4 is 15.2 Å². The quantitative estimate of drug-likeness (QED) is 0.289. The number of benzene rings is 2. The topological polar surface area (TPSA) is 90.3 Å². The van der Waals surface area contributed by atoms with E-state index in [4.69, 9.17) is 9.47 Å². The summed E-state index contributed by atoms with van der Waals surface area (Å²) in [5.41, 5.74) is 2.57. The van der Waals surface area contributed by atoms with Crippen LogP contribution in [-0.2, 0) is 15.2 Å². The fourth-order valence-electron chi connectivity index (χ4n) is 6.62. The first-order valence-corrected chi connectivity index (χ1v) is 15.1. The van der Waals surface area contributed by atoms with E-state index in [2.05, 4.69) is 16.9 Å². The monoisotopic (exact) mass is 619 g/mol. The number of pyridine rings is 1. The molecule has 1 fully saturated rings. The molecule has 3 atom stereocenters. The molecule has 44 heavy (non-hydrogen) atoms. The molecule has 226 valence electrons. The fraction of sp³-hybridized carbons (Fsp3) is 0.281. The molecule has 0 radical (unpaired) electrons. The summed E-state index contributed by atoms with van der Waals surface area (Å²) >= 11 is 1.53. The van der Waals surface area contributed by atoms with Crippen molar-refractivity contribution >= 4 is 23.8 Å². The van der Waals surface area contributed by atoms with Gasteiger partial charge in [0.25, 0.3) is 5.91 Å². The Morgan fingerprint density at radius 1 is 1.09 bits per heavy atom. The number of halogens is 2. The van der Waals surface area contributed by atoms with Crippen molar-refractivity contribution in [2.45, 2.75) is 35.7 Å². The smallest absolute Gasteiger partial charge is 0.451 e. The fourth-order valence-corrected chi connectivity index (χ4v) is 7.70. The van der Waals surface area contributed by atoms with Gasteiger partial charge in [0.05, 0.1) is 13.2 Å². The molecule has 1 amide bonds. The van der Waals surface area contributed by atoms with Crippen LogP contribution in [0.2, 0.25) is 0 Å². The first-order chi connectivity index (χ1) is 21.4. The maximum atomic E-state index is 15.1. The van der Waals surface area contributed by atoms with Gasteiger partial charge in [0.2, 0.25) is 18.0 Å². The van der Waals surface area contributed by atoms with Crippen LogP contribution in [0.5, 0.6) is 5.75 Å². The number of nitrogens with zero attached hydrogens (tertiary/aromatic N) is 3. The summed E-state index contributed by atoms with van der Waals surface area (Å²) in [6.07, 6.45) is 7.41. The number of hydrogen-bond acceptors (Lipinski definition) is 8. The van der Waals surface area contributed by atoms with E-state index in [0.29, 0.717) is 36.3 Å². The SMILES string of the molecule is COC(=O)OCOc1c2n(ccc1=O)N([C@@H]1c3cc(F)c(F)cc3CSc3ccccc31)[C@@H]1[C@H]3CC=CC=C3CCN1C2=O. The summed E-state index contributed by atoms with van der Waals surface area (Å²) in [5, 5.41) is 1.99. The minimum Gasteiger partial charge on any atom is -0.451 e. The molecule has 3 aliphatic heterocycles. The third-order valence-electron chi connectivity index (χ3n) is 8.54. The van der Waals surface area contributed by atoms with Gasteiger partial charge < -0.3 is 19.1 Å². The summed E-state index contributed by atoms with van der Waals surface area (Å²) < 4.78 is 46.3. The molecule has 1 aromatic heterocycles. The predicted octanol–water partition coefficient (Wildman–Crippen LogP) is 5.27. The Morgan fingerprint density at radius 2 is 1.91 bits per heavy atom. The molecule has 7 rings (SSSR count). The van der Waals surface area contributed by atoms with E-state index in [-0.39, 0.29) is 17.4 Å². The third kappa shape index (κ3) is 4.55. The molecular formula is C32H27F2N3O6S. The Labute approximate surface area is 255 Å². The number of carbonyl (C=O) groups excluding carboxylic acids is 2. The number of methoxy groups -OCH3 is 1. The number of amides is 1. The van der Waals surface area contributed by atoms with Gasteiger partial charge in [0.1, 0.15) is 6.17 Å². The zero-order valence-electron chi connectivity index (χ0n) is 23.6. The normalized spacial score (nSPS) is 21.6. The van der Waals surface area contributed by atoms with Crippen molar-refractivity contribution < 1.29 is 32.6 Å². The number of hydrogen-bond donors (Lipinski definition) is 0. The van der Waals surface area contributed by atoms with Gasteiger partial charge in [-0.2, -0.15) is 0 Å². The number of ether oxygens (including phenoxy) is 3. The molecule has 0 bridgehead atoms. The predicted molar refractivity (Wildman–Crippen MR) is 157 cm³/mol. The highest BCUT2D eigenvalue weighted by atomic mass is 32.2. The Bertz CT molecular complexity index is 1810. The van der Waals surface area contributed by atoms with Crippen LogP contribution in [-0.4, -0.2) is 48.3 Å². The molecule has 0 N–H and O–H groups in total. The van der Waals surface area contributed by atoms with Crippen LogP contribution in [0.25, 0.3) is 0 Å². The van der Waals surface area contributed by atoms with Gasteiger partial charge in [-0.15, -0.1) is 11.8 Å². The number of allylic oxidation sites excluding steroid dienone is 3. The standard InChI is InChI=1S/C32H27F2N3O6S/c1-41-32(40)43-17-42-29-25(38)11-13-36-28(29)31(39)35-12-10-18-6-2-3-7-20(18)30(35)37(36)27-21-8-4-5-9-26(21)44-16-19-14-23(33)24(34)15-22(19)27/h2-6,8-9,11,13-15,20,27,30H,7,10,12,16-17H2,1H3/t20-,27-,30+/m0/s1. The van der Waals surface area contributed by atoms with Crippen molar-refractivity contribution in [3.05, 3.63) is 117 Å². The Morgan fingerprint density at radius 3 is 2.75 bits per heavy atom. The van der Waals surface area contributed by atoms with E-state index in [1.54, 1.807) is 9.58 Å². The van der Waals surface area contributed by atoms with E-state index in [0.717, 1.165) is 17.6 Å². The van der Waals surface area contributed by atoms with Crippen LogP contribution in [0.15, 0.2) is 82.2 Å². The third-order valence-corrected chi connectivity index (χ3v) is 9.67. The molecule has 4 heterocycles. The molecule has 1 aliphatic carbocycles. The molecule has 0 saturated carbocycles. The zero-order valence-corrected chi connectivity index (χ0v) is 24.4. The molecule has 0 unspecified atom stereocenters. The van der Waals surface area contributed by atoms with Gasteiger partial charge in [-0.05, 0) is 47.7 Å². The first kappa shape index (κ1) is 28.2. The summed E-state index contributed by atoms with van der Waals surface area (Å²) in [6, 6.07) is 10.8. The van der Waals surface area contributed by atoms with E-state index in [9.17, 15) is 18.8 Å². The summed E-state index contributed by atoms with van der Waals surface area (Å²) in [4.78, 5) is 41.7. The van der Waals surface area contributed by atoms with Crippen molar-refractivity contribution in [1.82, 2.24) is 9.58 Å². The second-order valence-electron chi connectivity index (χ2n) is 10.8. The molecule has 1 saturated heterocycles. The summed E-state index contributed by atoms with van der Waals surface area (Å²) in [5.74, 6) is -2.32. The molecule has 4 aliphatic rings. The average molecular weight is 620 g/mol. The van der Waals surface area contributed by atoms with Crippen LogP contribution in [0.4, 0.5) is 13.6 Å². The number of fused-ring (bicyclic) bond motifs is 6. The van der Waals surface area contributed by atoms with E-state index >= 15 is 4.39 Å². The summed E-state index contributed by atoms with van der Waals surface area (Å²) in [7, 11) is 1.14. The first-order valence-electron chi connectivity index (χ1n) is 14.1. The minimum absolute atomic E-state index is 0.0560. The second kappa shape index (κ2) is 11.2.